The second kappa shape index (κ2) is 6.31. The normalized spacial score (nSPS) is 11.5. The van der Waals surface area contributed by atoms with Gasteiger partial charge in [-0.3, -0.25) is 4.98 Å². The fourth-order valence-corrected chi connectivity index (χ4v) is 3.05. The maximum absolute atomic E-state index is 12.9. The molecule has 0 unspecified atom stereocenters. The number of pyridine rings is 1. The number of halogens is 1. The first kappa shape index (κ1) is 15.4. The minimum Gasteiger partial charge on any atom is -0.464 e. The number of hydrogen-bond acceptors (Lipinski definition) is 4. The average molecular weight is 332 g/mol. The van der Waals surface area contributed by atoms with Gasteiger partial charge in [0.15, 0.2) is 0 Å². The van der Waals surface area contributed by atoms with Crippen molar-refractivity contribution in [3.8, 4) is 11.3 Å². The smallest absolute Gasteiger partial charge is 0.240 e. The zero-order valence-electron chi connectivity index (χ0n) is 11.9. The van der Waals surface area contributed by atoms with Gasteiger partial charge in [0.2, 0.25) is 10.0 Å². The van der Waals surface area contributed by atoms with Crippen molar-refractivity contribution in [2.45, 2.75) is 11.4 Å². The number of nitrogens with zero attached hydrogens (tertiary/aromatic N) is 1. The van der Waals surface area contributed by atoms with Crippen LogP contribution in [0.2, 0.25) is 0 Å². The van der Waals surface area contributed by atoms with Gasteiger partial charge in [-0.25, -0.2) is 17.5 Å². The van der Waals surface area contributed by atoms with Gasteiger partial charge in [0.05, 0.1) is 11.2 Å². The number of sulfonamides is 1. The Bertz CT molecular complexity index is 891. The van der Waals surface area contributed by atoms with Gasteiger partial charge in [-0.05, 0) is 48.0 Å². The topological polar surface area (TPSA) is 72.2 Å². The van der Waals surface area contributed by atoms with Gasteiger partial charge in [-0.2, -0.15) is 0 Å². The minimum absolute atomic E-state index is 0.00838. The largest absolute Gasteiger partial charge is 0.464 e. The summed E-state index contributed by atoms with van der Waals surface area (Å²) in [4.78, 5) is 4.09. The second-order valence-corrected chi connectivity index (χ2v) is 6.60. The predicted octanol–water partition coefficient (Wildman–Crippen LogP) is 2.96. The Morgan fingerprint density at radius 3 is 2.61 bits per heavy atom. The number of benzene rings is 1. The van der Waals surface area contributed by atoms with E-state index < -0.39 is 15.8 Å². The summed E-state index contributed by atoms with van der Waals surface area (Å²) in [5, 5.41) is 0. The Kier molecular flexibility index (Phi) is 4.22. The van der Waals surface area contributed by atoms with Crippen LogP contribution in [0.4, 0.5) is 4.39 Å². The molecule has 118 valence electrons. The molecule has 2 aromatic heterocycles. The van der Waals surface area contributed by atoms with Gasteiger partial charge in [0.25, 0.3) is 0 Å². The van der Waals surface area contributed by atoms with E-state index in [1.807, 2.05) is 0 Å². The van der Waals surface area contributed by atoms with Crippen molar-refractivity contribution in [2.24, 2.45) is 0 Å². The standard InChI is InChI=1S/C16H13FN2O3S/c17-14-3-5-15(6-4-14)23(20,21)19-10-12-8-13(11-18-9-12)16-2-1-7-22-16/h1-9,11,19H,10H2. The molecule has 0 radical (unpaired) electrons. The lowest BCUT2D eigenvalue weighted by atomic mass is 10.2. The number of furan rings is 1. The lowest BCUT2D eigenvalue weighted by Gasteiger charge is -2.07. The van der Waals surface area contributed by atoms with E-state index in [4.69, 9.17) is 4.42 Å². The van der Waals surface area contributed by atoms with Gasteiger partial charge in [0, 0.05) is 24.5 Å². The highest BCUT2D eigenvalue weighted by molar-refractivity contribution is 7.89. The Labute approximate surface area is 132 Å². The maximum Gasteiger partial charge on any atom is 0.240 e. The molecule has 0 aliphatic carbocycles. The van der Waals surface area contributed by atoms with Crippen molar-refractivity contribution in [3.05, 3.63) is 72.5 Å². The van der Waals surface area contributed by atoms with E-state index >= 15 is 0 Å². The van der Waals surface area contributed by atoms with Gasteiger partial charge < -0.3 is 4.42 Å². The molecule has 0 atom stereocenters. The summed E-state index contributed by atoms with van der Waals surface area (Å²) in [6.45, 7) is 0.0707. The Balaban J connectivity index is 1.75. The first-order valence-electron chi connectivity index (χ1n) is 6.78. The average Bonchev–Trinajstić information content (AvgIpc) is 3.08. The zero-order chi connectivity index (χ0) is 16.3. The number of hydrogen-bond donors (Lipinski definition) is 1. The SMILES string of the molecule is O=S(=O)(NCc1cncc(-c2ccco2)c1)c1ccc(F)cc1. The van der Waals surface area contributed by atoms with Crippen LogP contribution in [0.1, 0.15) is 5.56 Å². The predicted molar refractivity (Wildman–Crippen MR) is 82.4 cm³/mol. The van der Waals surface area contributed by atoms with E-state index in [1.54, 1.807) is 36.9 Å². The zero-order valence-corrected chi connectivity index (χ0v) is 12.8. The van der Waals surface area contributed by atoms with Crippen molar-refractivity contribution in [1.29, 1.82) is 0 Å². The number of nitrogens with one attached hydrogen (secondary N) is 1. The van der Waals surface area contributed by atoms with Crippen molar-refractivity contribution in [3.63, 3.8) is 0 Å². The fraction of sp³-hybridized carbons (Fsp3) is 0.0625. The van der Waals surface area contributed by atoms with E-state index in [-0.39, 0.29) is 11.4 Å². The minimum atomic E-state index is -3.71. The number of rotatable bonds is 5. The van der Waals surface area contributed by atoms with E-state index in [9.17, 15) is 12.8 Å². The third-order valence-corrected chi connectivity index (χ3v) is 4.61. The summed E-state index contributed by atoms with van der Waals surface area (Å²) in [7, 11) is -3.71. The summed E-state index contributed by atoms with van der Waals surface area (Å²) in [6.07, 6.45) is 4.76. The highest BCUT2D eigenvalue weighted by atomic mass is 32.2. The molecule has 0 aliphatic rings. The lowest BCUT2D eigenvalue weighted by molar-refractivity contribution is 0.580. The van der Waals surface area contributed by atoms with Crippen LogP contribution in [0.25, 0.3) is 11.3 Å². The summed E-state index contributed by atoms with van der Waals surface area (Å²) in [5.74, 6) is 0.167. The van der Waals surface area contributed by atoms with E-state index in [0.717, 1.165) is 17.7 Å². The molecule has 0 saturated carbocycles. The van der Waals surface area contributed by atoms with Crippen LogP contribution in [0, 0.1) is 5.82 Å². The molecule has 0 fully saturated rings. The monoisotopic (exact) mass is 332 g/mol. The molecule has 3 aromatic rings. The molecule has 5 nitrogen and oxygen atoms in total. The summed E-state index contributed by atoms with van der Waals surface area (Å²) >= 11 is 0. The molecule has 23 heavy (non-hydrogen) atoms. The summed E-state index contributed by atoms with van der Waals surface area (Å²) < 4.78 is 44.9. The molecule has 2 heterocycles. The van der Waals surface area contributed by atoms with Crippen LogP contribution < -0.4 is 4.72 Å². The molecule has 0 spiro atoms. The van der Waals surface area contributed by atoms with Crippen molar-refractivity contribution in [1.82, 2.24) is 9.71 Å². The third-order valence-electron chi connectivity index (χ3n) is 3.19. The van der Waals surface area contributed by atoms with Gasteiger partial charge >= 0.3 is 0 Å². The molecule has 0 aliphatic heterocycles. The quantitative estimate of drug-likeness (QED) is 0.780. The summed E-state index contributed by atoms with van der Waals surface area (Å²) in [5.41, 5.74) is 1.44. The van der Waals surface area contributed by atoms with Crippen LogP contribution in [0.5, 0.6) is 0 Å². The highest BCUT2D eigenvalue weighted by Gasteiger charge is 2.14. The molecule has 0 amide bonds. The Morgan fingerprint density at radius 1 is 1.13 bits per heavy atom. The van der Waals surface area contributed by atoms with Crippen molar-refractivity contribution < 1.29 is 17.2 Å². The molecule has 3 rings (SSSR count). The Morgan fingerprint density at radius 2 is 1.91 bits per heavy atom. The molecule has 1 aromatic carbocycles. The Hall–Kier alpha value is -2.51. The molecular weight excluding hydrogens is 319 g/mol. The van der Waals surface area contributed by atoms with Crippen LogP contribution in [-0.4, -0.2) is 13.4 Å². The molecule has 1 N–H and O–H groups in total. The van der Waals surface area contributed by atoms with E-state index in [0.29, 0.717) is 11.3 Å². The molecule has 7 heteroatoms. The lowest BCUT2D eigenvalue weighted by Crippen LogP contribution is -2.23. The van der Waals surface area contributed by atoms with Crippen molar-refractivity contribution in [2.75, 3.05) is 0 Å². The summed E-state index contributed by atoms with van der Waals surface area (Å²) in [6, 6.07) is 9.99. The van der Waals surface area contributed by atoms with Crippen LogP contribution in [-0.2, 0) is 16.6 Å². The second-order valence-electron chi connectivity index (χ2n) is 4.84. The first-order valence-corrected chi connectivity index (χ1v) is 8.26. The van der Waals surface area contributed by atoms with E-state index in [1.165, 1.54) is 12.1 Å². The fourth-order valence-electron chi connectivity index (χ4n) is 2.04. The third kappa shape index (κ3) is 3.64. The van der Waals surface area contributed by atoms with Crippen LogP contribution in [0.3, 0.4) is 0 Å². The molecule has 0 bridgehead atoms. The van der Waals surface area contributed by atoms with Crippen LogP contribution in [0.15, 0.2) is 70.4 Å². The molecule has 0 saturated heterocycles. The van der Waals surface area contributed by atoms with Gasteiger partial charge in [0.1, 0.15) is 11.6 Å². The highest BCUT2D eigenvalue weighted by Crippen LogP contribution is 2.20. The number of aromatic nitrogens is 1. The first-order chi connectivity index (χ1) is 11.0. The van der Waals surface area contributed by atoms with Crippen molar-refractivity contribution >= 4 is 10.0 Å². The van der Waals surface area contributed by atoms with Gasteiger partial charge in [-0.1, -0.05) is 0 Å². The van der Waals surface area contributed by atoms with E-state index in [2.05, 4.69) is 9.71 Å². The van der Waals surface area contributed by atoms with Crippen LogP contribution >= 0.6 is 0 Å². The maximum atomic E-state index is 12.9. The molecular formula is C16H13FN2O3S. The van der Waals surface area contributed by atoms with Gasteiger partial charge in [-0.15, -0.1) is 0 Å².